The molecule has 0 atom stereocenters. The van der Waals surface area contributed by atoms with E-state index in [9.17, 15) is 9.90 Å². The number of pyridine rings is 1. The van der Waals surface area contributed by atoms with E-state index in [1.54, 1.807) is 0 Å². The van der Waals surface area contributed by atoms with Crippen LogP contribution in [-0.2, 0) is 13.0 Å². The molecule has 0 saturated heterocycles. The zero-order valence-electron chi connectivity index (χ0n) is 24.5. The molecule has 0 spiro atoms. The van der Waals surface area contributed by atoms with Gasteiger partial charge in [0.25, 0.3) is 0 Å². The van der Waals surface area contributed by atoms with Crippen LogP contribution >= 0.6 is 15.9 Å². The van der Waals surface area contributed by atoms with Crippen LogP contribution in [0, 0.1) is 13.8 Å². The minimum atomic E-state index is -1.01. The number of imidazole rings is 1. The number of aryl methyl sites for hydroxylation is 3. The Morgan fingerprint density at radius 3 is 2.49 bits per heavy atom. The van der Waals surface area contributed by atoms with Gasteiger partial charge in [-0.2, -0.15) is 0 Å². The third-order valence-corrected chi connectivity index (χ3v) is 7.33. The molecule has 2 aromatic carbocycles. The maximum Gasteiger partial charge on any atom is 1.00 e. The van der Waals surface area contributed by atoms with Gasteiger partial charge in [0.2, 0.25) is 0 Å². The first-order chi connectivity index (χ1) is 18.0. The van der Waals surface area contributed by atoms with Gasteiger partial charge < -0.3 is 15.5 Å². The van der Waals surface area contributed by atoms with Crippen molar-refractivity contribution in [3.05, 3.63) is 75.8 Å². The Kier molecular flexibility index (Phi) is 8.34. The number of benzene rings is 2. The molecular formula is C30H32BrN4NaO3. The zero-order chi connectivity index (χ0) is 27.4. The van der Waals surface area contributed by atoms with E-state index in [2.05, 4.69) is 52.5 Å². The molecule has 0 unspecified atom stereocenters. The number of para-hydroxylation sites is 1. The second-order valence-corrected chi connectivity index (χ2v) is 11.3. The molecule has 5 rings (SSSR count). The number of hydrogen-bond acceptors (Lipinski definition) is 4. The number of aromatic nitrogens is 3. The standard InChI is InChI=1S/C30H31BrN4O3.Na.H/c1-7-24-33-25-17(2)14-18(3)32-28(25)34(24)16-19-12-13-20-22(15-19)27(31)38-26(20)21-10-8-9-11-23(21)35(29(36)37)30(4,5)6;;/h8-15H,7,16H2,1-6H3,(H,36,37);;/q;+1;-1. The van der Waals surface area contributed by atoms with Gasteiger partial charge in [0.15, 0.2) is 10.3 Å². The second kappa shape index (κ2) is 11.1. The van der Waals surface area contributed by atoms with Gasteiger partial charge in [-0.05, 0) is 85.9 Å². The van der Waals surface area contributed by atoms with Crippen LogP contribution in [0.15, 0.2) is 57.6 Å². The first kappa shape index (κ1) is 29.3. The van der Waals surface area contributed by atoms with Gasteiger partial charge in [0, 0.05) is 34.0 Å². The molecule has 1 N–H and O–H groups in total. The molecular weight excluding hydrogens is 567 g/mol. The summed E-state index contributed by atoms with van der Waals surface area (Å²) in [6, 6.07) is 15.8. The Labute approximate surface area is 260 Å². The van der Waals surface area contributed by atoms with Crippen LogP contribution in [0.3, 0.4) is 0 Å². The molecule has 0 saturated carbocycles. The fraction of sp³-hybridized carbons (Fsp3) is 0.300. The molecule has 7 nitrogen and oxygen atoms in total. The molecule has 3 heterocycles. The van der Waals surface area contributed by atoms with E-state index in [0.717, 1.165) is 56.6 Å². The third kappa shape index (κ3) is 5.40. The van der Waals surface area contributed by atoms with Crippen molar-refractivity contribution in [3.8, 4) is 11.3 Å². The van der Waals surface area contributed by atoms with Crippen LogP contribution in [0.1, 0.15) is 51.8 Å². The van der Waals surface area contributed by atoms with Crippen LogP contribution in [0.4, 0.5) is 10.5 Å². The van der Waals surface area contributed by atoms with Crippen molar-refractivity contribution in [1.82, 2.24) is 14.5 Å². The van der Waals surface area contributed by atoms with E-state index in [1.165, 1.54) is 4.90 Å². The fourth-order valence-electron chi connectivity index (χ4n) is 5.13. The van der Waals surface area contributed by atoms with Crippen LogP contribution in [0.2, 0.25) is 0 Å². The minimum Gasteiger partial charge on any atom is -1.00 e. The predicted octanol–water partition coefficient (Wildman–Crippen LogP) is 5.23. The van der Waals surface area contributed by atoms with Gasteiger partial charge >= 0.3 is 35.7 Å². The topological polar surface area (TPSA) is 84.4 Å². The van der Waals surface area contributed by atoms with Crippen LogP contribution < -0.4 is 34.5 Å². The van der Waals surface area contributed by atoms with Gasteiger partial charge in [0.1, 0.15) is 17.1 Å². The number of halogens is 1. The average molecular weight is 600 g/mol. The molecule has 5 aromatic rings. The predicted molar refractivity (Wildman–Crippen MR) is 156 cm³/mol. The Morgan fingerprint density at radius 2 is 1.82 bits per heavy atom. The summed E-state index contributed by atoms with van der Waals surface area (Å²) in [5.74, 6) is 1.62. The molecule has 9 heteroatoms. The number of amides is 1. The van der Waals surface area contributed by atoms with E-state index in [0.29, 0.717) is 22.7 Å². The molecule has 0 radical (unpaired) electrons. The maximum atomic E-state index is 12.3. The SMILES string of the molecule is CCc1nc2c(C)cc(C)nc2n1Cc1ccc2c(-c3ccccc3N(C(=O)O)C(C)(C)C)oc(Br)c2c1.[H-].[Na+]. The number of furan rings is 1. The number of rotatable bonds is 5. The monoisotopic (exact) mass is 598 g/mol. The Balaban J connectivity index is 0.00000220. The molecule has 0 bridgehead atoms. The maximum absolute atomic E-state index is 12.3. The van der Waals surface area contributed by atoms with Crippen molar-refractivity contribution in [3.63, 3.8) is 0 Å². The van der Waals surface area contributed by atoms with E-state index >= 15 is 0 Å². The smallest absolute Gasteiger partial charge is 1.00 e. The number of carboxylic acid groups (broad SMARTS) is 1. The first-order valence-electron chi connectivity index (χ1n) is 12.7. The number of hydrogen-bond donors (Lipinski definition) is 1. The van der Waals surface area contributed by atoms with E-state index in [1.807, 2.05) is 58.0 Å². The summed E-state index contributed by atoms with van der Waals surface area (Å²) in [6.07, 6.45) is -0.207. The largest absolute Gasteiger partial charge is 1.00 e. The quantitative estimate of drug-likeness (QED) is 0.280. The van der Waals surface area contributed by atoms with Crippen molar-refractivity contribution < 1.29 is 45.3 Å². The molecule has 0 aliphatic carbocycles. The molecule has 3 aromatic heterocycles. The van der Waals surface area contributed by atoms with Crippen molar-refractivity contribution in [2.24, 2.45) is 0 Å². The summed E-state index contributed by atoms with van der Waals surface area (Å²) in [4.78, 5) is 23.3. The number of anilines is 1. The van der Waals surface area contributed by atoms with Crippen LogP contribution in [0.25, 0.3) is 33.3 Å². The van der Waals surface area contributed by atoms with E-state index in [-0.39, 0.29) is 31.0 Å². The summed E-state index contributed by atoms with van der Waals surface area (Å²) in [5.41, 5.74) is 5.70. The normalized spacial score (nSPS) is 11.7. The molecule has 198 valence electrons. The molecule has 0 aliphatic rings. The summed E-state index contributed by atoms with van der Waals surface area (Å²) in [7, 11) is 0. The molecule has 1 amide bonds. The van der Waals surface area contributed by atoms with E-state index < -0.39 is 11.6 Å². The van der Waals surface area contributed by atoms with Gasteiger partial charge in [-0.1, -0.05) is 31.2 Å². The Hall–Kier alpha value is -2.65. The molecule has 39 heavy (non-hydrogen) atoms. The van der Waals surface area contributed by atoms with Gasteiger partial charge in [0.05, 0.1) is 12.2 Å². The Morgan fingerprint density at radius 1 is 1.10 bits per heavy atom. The number of carbonyl (C=O) groups is 1. The van der Waals surface area contributed by atoms with Crippen LogP contribution in [-0.4, -0.2) is 31.3 Å². The van der Waals surface area contributed by atoms with Crippen molar-refractivity contribution in [2.45, 2.75) is 60.0 Å². The summed E-state index contributed by atoms with van der Waals surface area (Å²) >= 11 is 3.62. The van der Waals surface area contributed by atoms with Crippen LogP contribution in [0.5, 0.6) is 0 Å². The third-order valence-electron chi connectivity index (χ3n) is 6.74. The minimum absolute atomic E-state index is 0. The summed E-state index contributed by atoms with van der Waals surface area (Å²) in [5, 5.41) is 11.9. The van der Waals surface area contributed by atoms with Gasteiger partial charge in [-0.15, -0.1) is 0 Å². The summed E-state index contributed by atoms with van der Waals surface area (Å²) < 4.78 is 9.03. The molecule has 0 aliphatic heterocycles. The number of fused-ring (bicyclic) bond motifs is 2. The average Bonchev–Trinajstić information content (AvgIpc) is 3.36. The number of nitrogens with zero attached hydrogens (tertiary/aromatic N) is 4. The van der Waals surface area contributed by atoms with Crippen molar-refractivity contribution in [2.75, 3.05) is 4.90 Å². The first-order valence-corrected chi connectivity index (χ1v) is 13.5. The fourth-order valence-corrected chi connectivity index (χ4v) is 5.62. The van der Waals surface area contributed by atoms with Gasteiger partial charge in [-0.25, -0.2) is 14.8 Å². The summed E-state index contributed by atoms with van der Waals surface area (Å²) in [6.45, 7) is 12.5. The Bertz CT molecular complexity index is 1710. The molecule has 0 fully saturated rings. The zero-order valence-corrected chi connectivity index (χ0v) is 27.0. The van der Waals surface area contributed by atoms with Crippen molar-refractivity contribution in [1.29, 1.82) is 0 Å². The van der Waals surface area contributed by atoms with Gasteiger partial charge in [-0.3, -0.25) is 4.90 Å². The van der Waals surface area contributed by atoms with Crippen molar-refractivity contribution >= 4 is 49.6 Å². The van der Waals surface area contributed by atoms with E-state index in [4.69, 9.17) is 14.4 Å². The second-order valence-electron chi connectivity index (χ2n) is 10.6.